The number of nitrogens with one attached hydrogen (secondary N) is 1. The molecule has 0 saturated heterocycles. The van der Waals surface area contributed by atoms with Crippen LogP contribution in [0.4, 0.5) is 0 Å². The van der Waals surface area contributed by atoms with Crippen LogP contribution in [0.15, 0.2) is 48.7 Å². The number of carbonyl (C=O) groups is 1. The molecule has 0 atom stereocenters. The lowest BCUT2D eigenvalue weighted by Gasteiger charge is -2.16. The summed E-state index contributed by atoms with van der Waals surface area (Å²) in [6.45, 7) is 0.470. The van der Waals surface area contributed by atoms with Crippen LogP contribution in [0.5, 0.6) is 5.75 Å². The number of ether oxygens (including phenoxy) is 1. The molecule has 1 fully saturated rings. The minimum atomic E-state index is -0.360. The second-order valence-corrected chi connectivity index (χ2v) is 5.31. The molecule has 0 unspecified atom stereocenters. The van der Waals surface area contributed by atoms with Crippen molar-refractivity contribution in [3.63, 3.8) is 0 Å². The van der Waals surface area contributed by atoms with Crippen LogP contribution in [0.25, 0.3) is 0 Å². The lowest BCUT2D eigenvalue weighted by Crippen LogP contribution is -2.34. The molecule has 4 heteroatoms. The summed E-state index contributed by atoms with van der Waals surface area (Å²) in [5, 5.41) is 3.00. The maximum Gasteiger partial charge on any atom is 0.230 e. The van der Waals surface area contributed by atoms with Crippen LogP contribution in [-0.2, 0) is 16.8 Å². The van der Waals surface area contributed by atoms with Crippen molar-refractivity contribution in [1.82, 2.24) is 10.3 Å². The summed E-state index contributed by atoms with van der Waals surface area (Å²) >= 11 is 0. The SMILES string of the molecule is COc1ccc(C2(C(=O)NCc3ccccn3)CC2)cc1. The third kappa shape index (κ3) is 2.75. The zero-order valence-electron chi connectivity index (χ0n) is 12.0. The van der Waals surface area contributed by atoms with Gasteiger partial charge in [0.25, 0.3) is 0 Å². The van der Waals surface area contributed by atoms with Gasteiger partial charge in [0.15, 0.2) is 0 Å². The van der Waals surface area contributed by atoms with Gasteiger partial charge in [0.1, 0.15) is 5.75 Å². The number of aromatic nitrogens is 1. The number of hydrogen-bond acceptors (Lipinski definition) is 3. The molecular formula is C17H18N2O2. The highest BCUT2D eigenvalue weighted by molar-refractivity contribution is 5.91. The first-order chi connectivity index (χ1) is 10.2. The predicted molar refractivity (Wildman–Crippen MR) is 80.0 cm³/mol. The van der Waals surface area contributed by atoms with Crippen LogP contribution in [0.3, 0.4) is 0 Å². The number of nitrogens with zero attached hydrogens (tertiary/aromatic N) is 1. The second-order valence-electron chi connectivity index (χ2n) is 5.31. The van der Waals surface area contributed by atoms with Crippen molar-refractivity contribution in [3.8, 4) is 5.75 Å². The Hall–Kier alpha value is -2.36. The van der Waals surface area contributed by atoms with Crippen LogP contribution >= 0.6 is 0 Å². The number of amides is 1. The van der Waals surface area contributed by atoms with Crippen LogP contribution in [0, 0.1) is 0 Å². The first-order valence-electron chi connectivity index (χ1n) is 7.07. The third-order valence-corrected chi connectivity index (χ3v) is 3.98. The van der Waals surface area contributed by atoms with Gasteiger partial charge in [0.05, 0.1) is 24.8 Å². The van der Waals surface area contributed by atoms with Gasteiger partial charge in [-0.25, -0.2) is 0 Å². The number of carbonyl (C=O) groups excluding carboxylic acids is 1. The average Bonchev–Trinajstić information content (AvgIpc) is 3.35. The fourth-order valence-electron chi connectivity index (χ4n) is 2.52. The zero-order chi connectivity index (χ0) is 14.7. The van der Waals surface area contributed by atoms with E-state index in [0.717, 1.165) is 29.8 Å². The maximum absolute atomic E-state index is 12.5. The highest BCUT2D eigenvalue weighted by Gasteiger charge is 2.51. The van der Waals surface area contributed by atoms with E-state index in [2.05, 4.69) is 10.3 Å². The van der Waals surface area contributed by atoms with Gasteiger partial charge < -0.3 is 10.1 Å². The molecule has 0 aliphatic heterocycles. The molecule has 1 aromatic carbocycles. The predicted octanol–water partition coefficient (Wildman–Crippen LogP) is 2.44. The largest absolute Gasteiger partial charge is 0.497 e. The molecule has 1 N–H and O–H groups in total. The van der Waals surface area contributed by atoms with Gasteiger partial charge in [0.2, 0.25) is 5.91 Å². The molecule has 0 radical (unpaired) electrons. The molecule has 21 heavy (non-hydrogen) atoms. The Kier molecular flexibility index (Phi) is 3.60. The summed E-state index contributed by atoms with van der Waals surface area (Å²) in [5.74, 6) is 0.891. The Balaban J connectivity index is 1.68. The Morgan fingerprint density at radius 2 is 2.00 bits per heavy atom. The van der Waals surface area contributed by atoms with E-state index >= 15 is 0 Å². The molecule has 1 saturated carbocycles. The minimum Gasteiger partial charge on any atom is -0.497 e. The van der Waals surface area contributed by atoms with Gasteiger partial charge in [0, 0.05) is 6.20 Å². The van der Waals surface area contributed by atoms with Gasteiger partial charge in [-0.05, 0) is 42.7 Å². The van der Waals surface area contributed by atoms with Crippen LogP contribution in [-0.4, -0.2) is 18.0 Å². The second kappa shape index (κ2) is 5.56. The van der Waals surface area contributed by atoms with E-state index in [1.165, 1.54) is 0 Å². The fourth-order valence-corrected chi connectivity index (χ4v) is 2.52. The molecule has 1 aliphatic rings. The highest BCUT2D eigenvalue weighted by Crippen LogP contribution is 2.48. The summed E-state index contributed by atoms with van der Waals surface area (Å²) in [6, 6.07) is 13.5. The molecule has 1 aliphatic carbocycles. The topological polar surface area (TPSA) is 51.2 Å². The van der Waals surface area contributed by atoms with Gasteiger partial charge in [-0.2, -0.15) is 0 Å². The lowest BCUT2D eigenvalue weighted by atomic mass is 9.95. The quantitative estimate of drug-likeness (QED) is 0.916. The number of hydrogen-bond donors (Lipinski definition) is 1. The van der Waals surface area contributed by atoms with E-state index in [1.807, 2.05) is 42.5 Å². The number of rotatable bonds is 5. The maximum atomic E-state index is 12.5. The van der Waals surface area contributed by atoms with Gasteiger partial charge in [-0.3, -0.25) is 9.78 Å². The molecule has 1 aromatic heterocycles. The van der Waals surface area contributed by atoms with Crippen molar-refractivity contribution in [3.05, 3.63) is 59.9 Å². The highest BCUT2D eigenvalue weighted by atomic mass is 16.5. The van der Waals surface area contributed by atoms with E-state index in [4.69, 9.17) is 4.74 Å². The normalized spacial score (nSPS) is 15.3. The van der Waals surface area contributed by atoms with Crippen molar-refractivity contribution >= 4 is 5.91 Å². The molecule has 1 heterocycles. The lowest BCUT2D eigenvalue weighted by molar-refractivity contribution is -0.123. The molecule has 3 rings (SSSR count). The van der Waals surface area contributed by atoms with Crippen molar-refractivity contribution in [2.45, 2.75) is 24.8 Å². The molecule has 0 bridgehead atoms. The number of methoxy groups -OCH3 is 1. The first kappa shape index (κ1) is 13.6. The molecule has 2 aromatic rings. The smallest absolute Gasteiger partial charge is 0.230 e. The minimum absolute atomic E-state index is 0.0818. The van der Waals surface area contributed by atoms with Gasteiger partial charge in [-0.1, -0.05) is 18.2 Å². The number of benzene rings is 1. The Bertz CT molecular complexity index is 619. The summed E-state index contributed by atoms with van der Waals surface area (Å²) in [5.41, 5.74) is 1.57. The van der Waals surface area contributed by atoms with E-state index in [0.29, 0.717) is 6.54 Å². The van der Waals surface area contributed by atoms with Crippen LogP contribution in [0.1, 0.15) is 24.1 Å². The number of pyridine rings is 1. The first-order valence-corrected chi connectivity index (χ1v) is 7.07. The van der Waals surface area contributed by atoms with E-state index < -0.39 is 0 Å². The zero-order valence-corrected chi connectivity index (χ0v) is 12.0. The van der Waals surface area contributed by atoms with E-state index in [1.54, 1.807) is 13.3 Å². The van der Waals surface area contributed by atoms with Crippen molar-refractivity contribution in [2.24, 2.45) is 0 Å². The van der Waals surface area contributed by atoms with Crippen molar-refractivity contribution in [2.75, 3.05) is 7.11 Å². The van der Waals surface area contributed by atoms with Gasteiger partial charge >= 0.3 is 0 Å². The Morgan fingerprint density at radius 3 is 2.57 bits per heavy atom. The van der Waals surface area contributed by atoms with Gasteiger partial charge in [-0.15, -0.1) is 0 Å². The third-order valence-electron chi connectivity index (χ3n) is 3.98. The fraction of sp³-hybridized carbons (Fsp3) is 0.294. The van der Waals surface area contributed by atoms with E-state index in [9.17, 15) is 4.79 Å². The Morgan fingerprint density at radius 1 is 1.24 bits per heavy atom. The van der Waals surface area contributed by atoms with Crippen LogP contribution < -0.4 is 10.1 Å². The summed E-state index contributed by atoms with van der Waals surface area (Å²) in [4.78, 5) is 16.7. The molecule has 4 nitrogen and oxygen atoms in total. The summed E-state index contributed by atoms with van der Waals surface area (Å²) in [6.07, 6.45) is 3.53. The molecule has 108 valence electrons. The van der Waals surface area contributed by atoms with Crippen molar-refractivity contribution < 1.29 is 9.53 Å². The summed E-state index contributed by atoms with van der Waals surface area (Å²) < 4.78 is 5.16. The van der Waals surface area contributed by atoms with Crippen molar-refractivity contribution in [1.29, 1.82) is 0 Å². The molecule has 0 spiro atoms. The van der Waals surface area contributed by atoms with Crippen LogP contribution in [0.2, 0.25) is 0 Å². The monoisotopic (exact) mass is 282 g/mol. The van der Waals surface area contributed by atoms with E-state index in [-0.39, 0.29) is 11.3 Å². The molecular weight excluding hydrogens is 264 g/mol. The standard InChI is InChI=1S/C17H18N2O2/c1-21-15-7-5-13(6-8-15)17(9-10-17)16(20)19-12-14-4-2-3-11-18-14/h2-8,11H,9-10,12H2,1H3,(H,19,20). The average molecular weight is 282 g/mol. The summed E-state index contributed by atoms with van der Waals surface area (Å²) in [7, 11) is 1.64. The molecule has 1 amide bonds. The Labute approximate surface area is 124 Å².